The summed E-state index contributed by atoms with van der Waals surface area (Å²) in [5.74, 6) is -1.98. The zero-order valence-corrected chi connectivity index (χ0v) is 24.9. The fourth-order valence-electron chi connectivity index (χ4n) is 4.13. The van der Waals surface area contributed by atoms with Gasteiger partial charge in [0, 0.05) is 28.4 Å². The standard InChI is InChI=1S/C26H46F2N2O2SSi/c1-23(2,3)16-18-15-19(22(28)30-21(18)27)20(17-29-33(31)24(4,5)6)26(13-12-14-26)32-34(10,11)25(7,8)9/h15,20,29H,12-14,16-17H2,1-11H3/t20-,33?/m0/s1. The van der Waals surface area contributed by atoms with Crippen molar-refractivity contribution < 1.29 is 17.8 Å². The molecular weight excluding hydrogens is 470 g/mol. The van der Waals surface area contributed by atoms with Gasteiger partial charge >= 0.3 is 0 Å². The van der Waals surface area contributed by atoms with Gasteiger partial charge in [-0.1, -0.05) is 41.5 Å². The summed E-state index contributed by atoms with van der Waals surface area (Å²) in [5.41, 5.74) is 0.00705. The molecule has 0 aromatic carbocycles. The van der Waals surface area contributed by atoms with Gasteiger partial charge in [0.25, 0.3) is 0 Å². The van der Waals surface area contributed by atoms with Crippen LogP contribution in [0.1, 0.15) is 98.6 Å². The van der Waals surface area contributed by atoms with Crippen LogP contribution in [0, 0.1) is 17.3 Å². The van der Waals surface area contributed by atoms with Gasteiger partial charge in [-0.2, -0.15) is 13.8 Å². The minimum Gasteiger partial charge on any atom is -0.598 e. The van der Waals surface area contributed by atoms with E-state index in [1.54, 1.807) is 6.07 Å². The third kappa shape index (κ3) is 7.02. The van der Waals surface area contributed by atoms with E-state index in [-0.39, 0.29) is 17.0 Å². The number of pyridine rings is 1. The van der Waals surface area contributed by atoms with Crippen molar-refractivity contribution in [1.82, 2.24) is 9.71 Å². The van der Waals surface area contributed by atoms with E-state index < -0.39 is 47.8 Å². The highest BCUT2D eigenvalue weighted by Gasteiger charge is 2.53. The van der Waals surface area contributed by atoms with Gasteiger partial charge in [-0.25, -0.2) is 0 Å². The van der Waals surface area contributed by atoms with Crippen LogP contribution in [0.5, 0.6) is 0 Å². The summed E-state index contributed by atoms with van der Waals surface area (Å²) in [6, 6.07) is 1.64. The Balaban J connectivity index is 2.57. The summed E-state index contributed by atoms with van der Waals surface area (Å²) < 4.78 is 52.6. The van der Waals surface area contributed by atoms with Crippen LogP contribution in [0.4, 0.5) is 8.78 Å². The number of nitrogens with zero attached hydrogens (tertiary/aromatic N) is 1. The first kappa shape index (κ1) is 29.7. The van der Waals surface area contributed by atoms with Crippen LogP contribution in [0.15, 0.2) is 6.07 Å². The summed E-state index contributed by atoms with van der Waals surface area (Å²) in [7, 11) is -2.20. The molecule has 0 radical (unpaired) electrons. The Kier molecular flexibility index (Phi) is 8.80. The van der Waals surface area contributed by atoms with Gasteiger partial charge in [-0.15, -0.1) is 4.72 Å². The lowest BCUT2D eigenvalue weighted by atomic mass is 9.68. The van der Waals surface area contributed by atoms with Gasteiger partial charge in [0.15, 0.2) is 8.32 Å². The molecule has 1 unspecified atom stereocenters. The molecule has 1 N–H and O–H groups in total. The molecule has 2 atom stereocenters. The maximum absolute atomic E-state index is 15.3. The molecule has 0 spiro atoms. The first-order valence-electron chi connectivity index (χ1n) is 12.4. The Morgan fingerprint density at radius 1 is 1.09 bits per heavy atom. The van der Waals surface area contributed by atoms with Gasteiger partial charge in [-0.3, -0.25) is 0 Å². The third-order valence-corrected chi connectivity index (χ3v) is 13.3. The molecule has 1 aliphatic rings. The van der Waals surface area contributed by atoms with Crippen LogP contribution in [0.2, 0.25) is 18.1 Å². The van der Waals surface area contributed by atoms with Gasteiger partial charge < -0.3 is 8.98 Å². The fraction of sp³-hybridized carbons (Fsp3) is 0.808. The maximum Gasteiger partial charge on any atom is 0.219 e. The second-order valence-electron chi connectivity index (χ2n) is 13.6. The Morgan fingerprint density at radius 3 is 2.06 bits per heavy atom. The zero-order valence-electron chi connectivity index (χ0n) is 23.1. The van der Waals surface area contributed by atoms with Crippen molar-refractivity contribution in [1.29, 1.82) is 0 Å². The number of rotatable bonds is 8. The van der Waals surface area contributed by atoms with Crippen molar-refractivity contribution >= 4 is 19.7 Å². The summed E-state index contributed by atoms with van der Waals surface area (Å²) in [4.78, 5) is 3.69. The normalized spacial score (nSPS) is 19.0. The molecule has 1 heterocycles. The van der Waals surface area contributed by atoms with Crippen LogP contribution >= 0.6 is 0 Å². The van der Waals surface area contributed by atoms with E-state index >= 15 is 4.39 Å². The summed E-state index contributed by atoms with van der Waals surface area (Å²) in [5, 5.41) is -0.0151. The highest BCUT2D eigenvalue weighted by Crippen LogP contribution is 2.52. The minimum atomic E-state index is -2.20. The van der Waals surface area contributed by atoms with Crippen molar-refractivity contribution in [2.75, 3.05) is 6.54 Å². The molecule has 1 aliphatic carbocycles. The molecule has 196 valence electrons. The van der Waals surface area contributed by atoms with Crippen molar-refractivity contribution in [3.63, 3.8) is 0 Å². The summed E-state index contributed by atoms with van der Waals surface area (Å²) in [6.07, 6.45) is 3.01. The highest BCUT2D eigenvalue weighted by molar-refractivity contribution is 7.90. The molecule has 0 aliphatic heterocycles. The molecule has 4 nitrogen and oxygen atoms in total. The van der Waals surface area contributed by atoms with Gasteiger partial charge in [0.1, 0.15) is 4.75 Å². The lowest BCUT2D eigenvalue weighted by molar-refractivity contribution is -0.0439. The lowest BCUT2D eigenvalue weighted by Crippen LogP contribution is -2.58. The average molecular weight is 517 g/mol. The van der Waals surface area contributed by atoms with Crippen LogP contribution < -0.4 is 4.72 Å². The SMILES string of the molecule is CC(C)(C)Cc1cc([C@H](CN[S+]([O-])C(C)(C)C)C2(O[Si](C)(C)C(C)(C)C)CCC2)c(F)nc1F. The first-order valence-corrected chi connectivity index (χ1v) is 16.4. The molecule has 1 aromatic rings. The van der Waals surface area contributed by atoms with E-state index in [4.69, 9.17) is 4.43 Å². The monoisotopic (exact) mass is 516 g/mol. The second kappa shape index (κ2) is 10.1. The quantitative estimate of drug-likeness (QED) is 0.229. The van der Waals surface area contributed by atoms with E-state index in [0.717, 1.165) is 19.3 Å². The van der Waals surface area contributed by atoms with Gasteiger partial charge in [-0.05, 0) is 76.1 Å². The van der Waals surface area contributed by atoms with E-state index in [1.165, 1.54) is 0 Å². The van der Waals surface area contributed by atoms with Crippen molar-refractivity contribution in [3.8, 4) is 0 Å². The minimum absolute atomic E-state index is 0.0151. The molecule has 0 saturated heterocycles. The predicted molar refractivity (Wildman–Crippen MR) is 141 cm³/mol. The van der Waals surface area contributed by atoms with Crippen LogP contribution in [0.3, 0.4) is 0 Å². The molecule has 1 fully saturated rings. The van der Waals surface area contributed by atoms with Crippen LogP contribution in [-0.2, 0) is 22.2 Å². The molecular formula is C26H46F2N2O2SSi. The number of halogens is 2. The Hall–Kier alpha value is -0.543. The molecule has 2 rings (SSSR count). The lowest BCUT2D eigenvalue weighted by Gasteiger charge is -2.54. The molecule has 0 amide bonds. The van der Waals surface area contributed by atoms with E-state index in [2.05, 4.69) is 43.6 Å². The number of nitrogens with one attached hydrogen (secondary N) is 1. The maximum atomic E-state index is 15.3. The topological polar surface area (TPSA) is 57.2 Å². The molecule has 1 saturated carbocycles. The van der Waals surface area contributed by atoms with Gasteiger partial charge in [0.2, 0.25) is 11.9 Å². The second-order valence-corrected chi connectivity index (χ2v) is 20.4. The Labute approximate surface area is 210 Å². The Morgan fingerprint density at radius 2 is 1.65 bits per heavy atom. The molecule has 8 heteroatoms. The smallest absolute Gasteiger partial charge is 0.219 e. The van der Waals surface area contributed by atoms with Gasteiger partial charge in [0.05, 0.1) is 12.1 Å². The largest absolute Gasteiger partial charge is 0.598 e. The number of aromatic nitrogens is 1. The van der Waals surface area contributed by atoms with Crippen molar-refractivity contribution in [2.45, 2.75) is 122 Å². The third-order valence-electron chi connectivity index (χ3n) is 7.20. The van der Waals surface area contributed by atoms with Crippen molar-refractivity contribution in [2.24, 2.45) is 5.41 Å². The zero-order chi connectivity index (χ0) is 26.3. The number of hydrogen-bond donors (Lipinski definition) is 1. The van der Waals surface area contributed by atoms with E-state index in [0.29, 0.717) is 17.5 Å². The molecule has 0 bridgehead atoms. The average Bonchev–Trinajstić information content (AvgIpc) is 2.59. The molecule has 1 aromatic heterocycles. The summed E-state index contributed by atoms with van der Waals surface area (Å²) in [6.45, 7) is 23.0. The Bertz CT molecular complexity index is 856. The number of hydrogen-bond acceptors (Lipinski definition) is 4. The predicted octanol–water partition coefficient (Wildman–Crippen LogP) is 7.03. The first-order chi connectivity index (χ1) is 15.2. The van der Waals surface area contributed by atoms with Crippen LogP contribution in [-0.4, -0.2) is 34.7 Å². The van der Waals surface area contributed by atoms with E-state index in [9.17, 15) is 8.94 Å². The van der Waals surface area contributed by atoms with Crippen LogP contribution in [0.25, 0.3) is 0 Å². The van der Waals surface area contributed by atoms with Crippen molar-refractivity contribution in [3.05, 3.63) is 29.1 Å². The summed E-state index contributed by atoms with van der Waals surface area (Å²) >= 11 is -1.33. The fourth-order valence-corrected chi connectivity index (χ4v) is 6.55. The van der Waals surface area contributed by atoms with E-state index in [1.807, 2.05) is 41.5 Å². The molecule has 34 heavy (non-hydrogen) atoms. The highest BCUT2D eigenvalue weighted by atomic mass is 32.2.